The van der Waals surface area contributed by atoms with Gasteiger partial charge in [0, 0.05) is 28.5 Å². The molecule has 34 heavy (non-hydrogen) atoms. The molecule has 4 aromatic rings. The number of hydrogen-bond acceptors (Lipinski definition) is 3. The Morgan fingerprint density at radius 3 is 2.35 bits per heavy atom. The predicted octanol–water partition coefficient (Wildman–Crippen LogP) is 7.54. The monoisotopic (exact) mass is 458 g/mol. The normalized spacial score (nSPS) is 11.2. The minimum atomic E-state index is -0.100. The average Bonchev–Trinajstić information content (AvgIpc) is 3.43. The molecule has 0 spiro atoms. The number of fused-ring (bicyclic) bond motifs is 2. The zero-order valence-corrected chi connectivity index (χ0v) is 21.2. The molecule has 0 saturated heterocycles. The van der Waals surface area contributed by atoms with Gasteiger partial charge in [-0.2, -0.15) is 0 Å². The van der Waals surface area contributed by atoms with Gasteiger partial charge in [-0.15, -0.1) is 0 Å². The van der Waals surface area contributed by atoms with Crippen molar-refractivity contribution in [2.45, 2.75) is 60.3 Å². The van der Waals surface area contributed by atoms with Crippen LogP contribution < -0.4 is 5.73 Å². The van der Waals surface area contributed by atoms with E-state index >= 15 is 0 Å². The molecule has 4 N–H and O–H groups in total. The number of aryl methyl sites for hydroxylation is 2. The number of carbonyl (C=O) groups is 1. The second kappa shape index (κ2) is 13.2. The van der Waals surface area contributed by atoms with Gasteiger partial charge in [0.15, 0.2) is 5.78 Å². The van der Waals surface area contributed by atoms with Crippen LogP contribution in [0.5, 0.6) is 0 Å². The molecule has 0 fully saturated rings. The first-order chi connectivity index (χ1) is 16.3. The highest BCUT2D eigenvalue weighted by atomic mass is 16.1. The third-order valence-corrected chi connectivity index (χ3v) is 5.40. The molecule has 180 valence electrons. The van der Waals surface area contributed by atoms with Crippen LogP contribution in [0, 0.1) is 13.8 Å². The Morgan fingerprint density at radius 2 is 1.74 bits per heavy atom. The maximum absolute atomic E-state index is 12.2. The number of rotatable bonds is 6. The lowest BCUT2D eigenvalue weighted by atomic mass is 10.0. The third kappa shape index (κ3) is 7.48. The van der Waals surface area contributed by atoms with Crippen LogP contribution in [0.15, 0.2) is 72.6 Å². The molecule has 4 rings (SSSR count). The zero-order valence-electron chi connectivity index (χ0n) is 21.2. The molecule has 5 heteroatoms. The number of ketones is 1. The quantitative estimate of drug-likeness (QED) is 0.121. The average molecular weight is 459 g/mol. The topological polar surface area (TPSA) is 87.6 Å². The fourth-order valence-electron chi connectivity index (χ4n) is 3.53. The van der Waals surface area contributed by atoms with Crippen LogP contribution in [0.4, 0.5) is 0 Å². The van der Waals surface area contributed by atoms with Crippen molar-refractivity contribution in [2.75, 3.05) is 0 Å². The Balaban J connectivity index is 0.000000205. The lowest BCUT2D eigenvalue weighted by molar-refractivity contribution is 0.103. The molecule has 0 bridgehead atoms. The van der Waals surface area contributed by atoms with Crippen molar-refractivity contribution in [3.63, 3.8) is 0 Å². The number of Topliss-reactive ketones (excluding diaryl/α,β-unsaturated/α-hetero) is 1. The summed E-state index contributed by atoms with van der Waals surface area (Å²) in [6, 6.07) is 13.7. The van der Waals surface area contributed by atoms with E-state index in [1.165, 1.54) is 37.3 Å². The van der Waals surface area contributed by atoms with Gasteiger partial charge in [0.25, 0.3) is 0 Å². The molecule has 0 unspecified atom stereocenters. The molecular weight excluding hydrogens is 420 g/mol. The number of nitrogens with two attached hydrogens (primary N) is 1. The molecule has 0 radical (unpaired) electrons. The van der Waals surface area contributed by atoms with Crippen molar-refractivity contribution >= 4 is 27.7 Å². The Hall–Kier alpha value is -3.60. The van der Waals surface area contributed by atoms with E-state index in [2.05, 4.69) is 54.4 Å². The molecule has 0 saturated carbocycles. The van der Waals surface area contributed by atoms with Crippen LogP contribution in [0.25, 0.3) is 21.9 Å². The van der Waals surface area contributed by atoms with Gasteiger partial charge >= 0.3 is 0 Å². The maximum Gasteiger partial charge on any atom is 0.194 e. The number of allylic oxidation sites excluding steroid dienone is 3. The van der Waals surface area contributed by atoms with Crippen LogP contribution >= 0.6 is 0 Å². The minimum absolute atomic E-state index is 0.100. The van der Waals surface area contributed by atoms with Gasteiger partial charge in [0.1, 0.15) is 5.82 Å². The van der Waals surface area contributed by atoms with Crippen molar-refractivity contribution in [2.24, 2.45) is 5.73 Å². The van der Waals surface area contributed by atoms with Gasteiger partial charge in [-0.25, -0.2) is 4.98 Å². The molecule has 0 aliphatic heterocycles. The third-order valence-electron chi connectivity index (χ3n) is 5.40. The van der Waals surface area contributed by atoms with E-state index in [1.54, 1.807) is 13.0 Å². The van der Waals surface area contributed by atoms with Crippen LogP contribution in [0.3, 0.4) is 0 Å². The number of benzene rings is 2. The number of aromatic amines is 2. The van der Waals surface area contributed by atoms with Crippen molar-refractivity contribution in [3.05, 3.63) is 89.5 Å². The lowest BCUT2D eigenvalue weighted by Gasteiger charge is -2.04. The number of H-pyrrole nitrogens is 2. The zero-order chi connectivity index (χ0) is 25.1. The molecule has 2 aromatic heterocycles. The molecule has 0 amide bonds. The van der Waals surface area contributed by atoms with E-state index in [1.807, 2.05) is 37.4 Å². The molecule has 2 aromatic carbocycles. The first-order valence-electron chi connectivity index (χ1n) is 11.9. The minimum Gasteiger partial charge on any atom is -0.402 e. The predicted molar refractivity (Wildman–Crippen MR) is 145 cm³/mol. The molecular formula is C29H38N4O. The van der Waals surface area contributed by atoms with Gasteiger partial charge < -0.3 is 15.7 Å². The first kappa shape index (κ1) is 26.7. The van der Waals surface area contributed by atoms with Crippen molar-refractivity contribution in [1.82, 2.24) is 15.0 Å². The van der Waals surface area contributed by atoms with Gasteiger partial charge in [-0.3, -0.25) is 4.79 Å². The number of aromatic nitrogens is 3. The fraction of sp³-hybridized carbons (Fsp3) is 0.310. The van der Waals surface area contributed by atoms with E-state index in [0.717, 1.165) is 27.8 Å². The molecule has 2 heterocycles. The standard InChI is InChI=1S/C14H14N2O.C9H10N2.C6H14/c1-3-12(9(2)15)14(17)11-5-4-10-6-7-16-13(10)8-11;1-6-3-4-8-9(5-6)11-7(2)10-8;1-3-5-6-4-2/h3-8,16H,1,15H2,2H3;3-5H,1-2H3,(H,10,11);3-6H2,1-2H3/b12-9-;;. The second-order valence-electron chi connectivity index (χ2n) is 8.46. The SMILES string of the molecule is C=C/C(C(=O)c1ccc2cc[nH]c2c1)=C(\C)N.CCCCCC.Cc1ccc2nc(C)[nH]c2c1. The Labute approximate surface area is 203 Å². The van der Waals surface area contributed by atoms with Crippen molar-refractivity contribution in [3.8, 4) is 0 Å². The number of nitrogens with zero attached hydrogens (tertiary/aromatic N) is 1. The number of carbonyl (C=O) groups excluding carboxylic acids is 1. The summed E-state index contributed by atoms with van der Waals surface area (Å²) in [5, 5.41) is 1.08. The smallest absolute Gasteiger partial charge is 0.194 e. The van der Waals surface area contributed by atoms with E-state index in [0.29, 0.717) is 16.8 Å². The fourth-order valence-corrected chi connectivity index (χ4v) is 3.53. The molecule has 0 aliphatic rings. The lowest BCUT2D eigenvalue weighted by Crippen LogP contribution is -2.07. The highest BCUT2D eigenvalue weighted by molar-refractivity contribution is 6.12. The van der Waals surface area contributed by atoms with Gasteiger partial charge in [-0.05, 0) is 56.0 Å². The van der Waals surface area contributed by atoms with Gasteiger partial charge in [-0.1, -0.05) is 70.4 Å². The maximum atomic E-state index is 12.2. The van der Waals surface area contributed by atoms with Crippen LogP contribution in [-0.2, 0) is 0 Å². The molecule has 0 aliphatic carbocycles. The van der Waals surface area contributed by atoms with E-state index in [4.69, 9.17) is 5.73 Å². The summed E-state index contributed by atoms with van der Waals surface area (Å²) >= 11 is 0. The summed E-state index contributed by atoms with van der Waals surface area (Å²) in [6.45, 7) is 13.8. The Bertz CT molecular complexity index is 1250. The van der Waals surface area contributed by atoms with Gasteiger partial charge in [0.2, 0.25) is 0 Å². The first-order valence-corrected chi connectivity index (χ1v) is 11.9. The second-order valence-corrected chi connectivity index (χ2v) is 8.46. The highest BCUT2D eigenvalue weighted by Gasteiger charge is 2.12. The van der Waals surface area contributed by atoms with E-state index in [-0.39, 0.29) is 5.78 Å². The van der Waals surface area contributed by atoms with Crippen LogP contribution in [-0.4, -0.2) is 20.7 Å². The van der Waals surface area contributed by atoms with E-state index in [9.17, 15) is 4.79 Å². The number of nitrogens with one attached hydrogen (secondary N) is 2. The summed E-state index contributed by atoms with van der Waals surface area (Å²) in [5.74, 6) is 0.877. The Kier molecular flexibility index (Phi) is 10.3. The summed E-state index contributed by atoms with van der Waals surface area (Å²) in [5.41, 5.74) is 11.6. The summed E-state index contributed by atoms with van der Waals surface area (Å²) < 4.78 is 0. The summed E-state index contributed by atoms with van der Waals surface area (Å²) in [4.78, 5) is 22.7. The largest absolute Gasteiger partial charge is 0.402 e. The number of hydrogen-bond donors (Lipinski definition) is 3. The number of imidazole rings is 1. The number of unbranched alkanes of at least 4 members (excludes halogenated alkanes) is 3. The summed E-state index contributed by atoms with van der Waals surface area (Å²) in [6.07, 6.45) is 8.88. The van der Waals surface area contributed by atoms with Gasteiger partial charge in [0.05, 0.1) is 11.0 Å². The highest BCUT2D eigenvalue weighted by Crippen LogP contribution is 2.18. The van der Waals surface area contributed by atoms with E-state index < -0.39 is 0 Å². The van der Waals surface area contributed by atoms with Crippen LogP contribution in [0.1, 0.15) is 68.2 Å². The Morgan fingerprint density at radius 1 is 1.03 bits per heavy atom. The molecule has 0 atom stereocenters. The van der Waals surface area contributed by atoms with Crippen molar-refractivity contribution < 1.29 is 4.79 Å². The molecule has 5 nitrogen and oxygen atoms in total. The summed E-state index contributed by atoms with van der Waals surface area (Å²) in [7, 11) is 0. The van der Waals surface area contributed by atoms with Crippen LogP contribution in [0.2, 0.25) is 0 Å². The van der Waals surface area contributed by atoms with Crippen molar-refractivity contribution in [1.29, 1.82) is 0 Å².